The van der Waals surface area contributed by atoms with Crippen LogP contribution in [0, 0.1) is 0 Å². The lowest BCUT2D eigenvalue weighted by Gasteiger charge is -2.03. The van der Waals surface area contributed by atoms with Gasteiger partial charge in [0.05, 0.1) is 5.69 Å². The lowest BCUT2D eigenvalue weighted by molar-refractivity contribution is 0.444. The Hall–Kier alpha value is -0.800. The van der Waals surface area contributed by atoms with Crippen LogP contribution in [0.3, 0.4) is 0 Å². The Labute approximate surface area is 64.8 Å². The van der Waals surface area contributed by atoms with Crippen LogP contribution in [-0.4, -0.2) is 0 Å². The monoisotopic (exact) mass is 162 g/mol. The zero-order chi connectivity index (χ0) is 6.69. The minimum atomic E-state index is 0. The van der Waals surface area contributed by atoms with Crippen molar-refractivity contribution < 1.29 is 4.48 Å². The number of rotatable bonds is 1. The van der Waals surface area contributed by atoms with Crippen LogP contribution in [0.1, 0.15) is 0 Å². The number of hydrogen-bond donors (Lipinski definition) is 1. The van der Waals surface area contributed by atoms with Gasteiger partial charge in [-0.15, -0.1) is 17.6 Å². The molecule has 1 aromatic rings. The van der Waals surface area contributed by atoms with Crippen LogP contribution in [0.25, 0.3) is 0 Å². The molecule has 0 bridgehead atoms. The first-order valence-corrected chi connectivity index (χ1v) is 2.56. The topological polar surface area (TPSA) is 29.3 Å². The van der Waals surface area contributed by atoms with Gasteiger partial charge < -0.3 is 0 Å². The molecular formula is C6H8ClFN2. The second-order valence-electron chi connectivity index (χ2n) is 1.65. The lowest BCUT2D eigenvalue weighted by atomic mass is 10.3. The summed E-state index contributed by atoms with van der Waals surface area (Å²) in [6.07, 6.45) is 0. The molecule has 0 aliphatic heterocycles. The predicted octanol–water partition coefficient (Wildman–Crippen LogP) is 1.67. The maximum absolute atomic E-state index is 12.0. The molecular weight excluding hydrogens is 155 g/mol. The summed E-state index contributed by atoms with van der Waals surface area (Å²) in [7, 11) is 0. The first-order valence-electron chi connectivity index (χ1n) is 2.56. The van der Waals surface area contributed by atoms with E-state index in [2.05, 4.69) is 0 Å². The summed E-state index contributed by atoms with van der Waals surface area (Å²) in [5.41, 5.74) is 0.359. The molecule has 0 aliphatic carbocycles. The summed E-state index contributed by atoms with van der Waals surface area (Å²) >= 11 is 0. The fraction of sp³-hybridized carbons (Fsp3) is 0. The van der Waals surface area contributed by atoms with Gasteiger partial charge in [-0.1, -0.05) is 22.7 Å². The molecule has 2 N–H and O–H groups in total. The van der Waals surface area contributed by atoms with Crippen molar-refractivity contribution in [3.63, 3.8) is 0 Å². The average molecular weight is 163 g/mol. The second-order valence-corrected chi connectivity index (χ2v) is 1.65. The standard InChI is InChI=1S/C6H7FN2.ClH/c7-9(8)6-4-2-1-3-5-6;/h1-5H,8H2;1H. The van der Waals surface area contributed by atoms with Gasteiger partial charge in [-0.3, -0.25) is 0 Å². The third-order valence-electron chi connectivity index (χ3n) is 1.00. The highest BCUT2D eigenvalue weighted by Crippen LogP contribution is 2.07. The molecule has 0 aliphatic rings. The van der Waals surface area contributed by atoms with E-state index in [1.807, 2.05) is 0 Å². The van der Waals surface area contributed by atoms with Gasteiger partial charge in [-0.25, -0.2) is 5.84 Å². The molecule has 4 heteroatoms. The van der Waals surface area contributed by atoms with Crippen LogP contribution in [0.5, 0.6) is 0 Å². The van der Waals surface area contributed by atoms with Crippen molar-refractivity contribution in [2.75, 3.05) is 5.23 Å². The molecule has 0 atom stereocenters. The number of benzene rings is 1. The van der Waals surface area contributed by atoms with Gasteiger partial charge in [-0.05, 0) is 12.1 Å². The molecule has 2 nitrogen and oxygen atoms in total. The first kappa shape index (κ1) is 9.20. The SMILES string of the molecule is Cl.NN(F)c1ccccc1. The fourth-order valence-corrected chi connectivity index (χ4v) is 0.570. The van der Waals surface area contributed by atoms with Crippen LogP contribution in [0.4, 0.5) is 10.2 Å². The molecule has 0 heterocycles. The molecule has 1 aromatic carbocycles. The quantitative estimate of drug-likeness (QED) is 0.387. The molecule has 0 aromatic heterocycles. The number of anilines is 1. The highest BCUT2D eigenvalue weighted by atomic mass is 35.5. The molecule has 0 spiro atoms. The molecule has 0 unspecified atom stereocenters. The Morgan fingerprint density at radius 3 is 2.00 bits per heavy atom. The Morgan fingerprint density at radius 2 is 1.70 bits per heavy atom. The third kappa shape index (κ3) is 2.21. The Balaban J connectivity index is 0.000000810. The number of para-hydroxylation sites is 1. The van der Waals surface area contributed by atoms with Gasteiger partial charge in [0.1, 0.15) is 0 Å². The number of nitrogens with two attached hydrogens (primary N) is 1. The van der Waals surface area contributed by atoms with E-state index in [9.17, 15) is 4.48 Å². The molecule has 0 radical (unpaired) electrons. The normalized spacial score (nSPS) is 8.20. The first-order chi connectivity index (χ1) is 4.30. The van der Waals surface area contributed by atoms with Gasteiger partial charge in [0.2, 0.25) is 0 Å². The van der Waals surface area contributed by atoms with Gasteiger partial charge in [0.15, 0.2) is 0 Å². The minimum Gasteiger partial charge on any atom is -0.218 e. The van der Waals surface area contributed by atoms with Crippen LogP contribution in [0.2, 0.25) is 0 Å². The fourth-order valence-electron chi connectivity index (χ4n) is 0.570. The maximum Gasteiger partial charge on any atom is 0.0872 e. The van der Waals surface area contributed by atoms with Crippen LogP contribution < -0.4 is 11.1 Å². The summed E-state index contributed by atoms with van der Waals surface area (Å²) in [6, 6.07) is 8.40. The van der Waals surface area contributed by atoms with Crippen molar-refractivity contribution >= 4 is 18.1 Å². The van der Waals surface area contributed by atoms with Gasteiger partial charge in [0, 0.05) is 0 Å². The lowest BCUT2D eigenvalue weighted by Crippen LogP contribution is -2.19. The molecule has 10 heavy (non-hydrogen) atoms. The van der Waals surface area contributed by atoms with Crippen LogP contribution in [-0.2, 0) is 0 Å². The Morgan fingerprint density at radius 1 is 1.20 bits per heavy atom. The zero-order valence-electron chi connectivity index (χ0n) is 5.20. The summed E-state index contributed by atoms with van der Waals surface area (Å²) < 4.78 is 12.0. The van der Waals surface area contributed by atoms with E-state index in [4.69, 9.17) is 5.84 Å². The Bertz CT molecular complexity index is 178. The highest BCUT2D eigenvalue weighted by molar-refractivity contribution is 5.85. The van der Waals surface area contributed by atoms with E-state index < -0.39 is 0 Å². The van der Waals surface area contributed by atoms with Crippen LogP contribution in [0.15, 0.2) is 30.3 Å². The van der Waals surface area contributed by atoms with Gasteiger partial charge >= 0.3 is 0 Å². The summed E-state index contributed by atoms with van der Waals surface area (Å²) in [4.78, 5) is 0. The van der Waals surface area contributed by atoms with E-state index in [0.717, 1.165) is 0 Å². The number of hydrogen-bond acceptors (Lipinski definition) is 2. The van der Waals surface area contributed by atoms with E-state index in [1.54, 1.807) is 30.3 Å². The number of hydrazine groups is 1. The summed E-state index contributed by atoms with van der Waals surface area (Å²) in [5.74, 6) is 4.78. The molecule has 0 saturated heterocycles. The van der Waals surface area contributed by atoms with E-state index in [-0.39, 0.29) is 17.6 Å². The van der Waals surface area contributed by atoms with Crippen molar-refractivity contribution in [2.45, 2.75) is 0 Å². The summed E-state index contributed by atoms with van der Waals surface area (Å²) in [6.45, 7) is 0. The van der Waals surface area contributed by atoms with E-state index >= 15 is 0 Å². The van der Waals surface area contributed by atoms with Crippen molar-refractivity contribution in [1.82, 2.24) is 0 Å². The van der Waals surface area contributed by atoms with Crippen molar-refractivity contribution in [2.24, 2.45) is 5.84 Å². The molecule has 0 saturated carbocycles. The third-order valence-corrected chi connectivity index (χ3v) is 1.00. The molecule has 56 valence electrons. The van der Waals surface area contributed by atoms with E-state index in [1.165, 1.54) is 0 Å². The van der Waals surface area contributed by atoms with Crippen molar-refractivity contribution in [3.8, 4) is 0 Å². The molecule has 0 fully saturated rings. The van der Waals surface area contributed by atoms with Crippen molar-refractivity contribution in [1.29, 1.82) is 0 Å². The molecule has 0 amide bonds. The summed E-state index contributed by atoms with van der Waals surface area (Å²) in [5, 5.41) is 0.0833. The largest absolute Gasteiger partial charge is 0.218 e. The van der Waals surface area contributed by atoms with Crippen LogP contribution >= 0.6 is 12.4 Å². The average Bonchev–Trinajstić information content (AvgIpc) is 1.90. The van der Waals surface area contributed by atoms with E-state index in [0.29, 0.717) is 5.69 Å². The zero-order valence-corrected chi connectivity index (χ0v) is 6.01. The Kier molecular flexibility index (Phi) is 3.76. The second kappa shape index (κ2) is 4.09. The molecule has 1 rings (SSSR count). The smallest absolute Gasteiger partial charge is 0.0872 e. The number of halogens is 2. The van der Waals surface area contributed by atoms with Gasteiger partial charge in [-0.2, -0.15) is 0 Å². The van der Waals surface area contributed by atoms with Crippen molar-refractivity contribution in [3.05, 3.63) is 30.3 Å². The van der Waals surface area contributed by atoms with Gasteiger partial charge in [0.25, 0.3) is 0 Å². The minimum absolute atomic E-state index is 0. The highest BCUT2D eigenvalue weighted by Gasteiger charge is 1.92. The maximum atomic E-state index is 12.0. The number of nitrogens with zero attached hydrogens (tertiary/aromatic N) is 1. The predicted molar refractivity (Wildman–Crippen MR) is 41.5 cm³/mol.